The van der Waals surface area contributed by atoms with Gasteiger partial charge in [0.2, 0.25) is 0 Å². The average molecular weight is 335 g/mol. The summed E-state index contributed by atoms with van der Waals surface area (Å²) in [5.41, 5.74) is 8.38. The largest absolute Gasteiger partial charge is 0.355 e. The highest BCUT2D eigenvalue weighted by molar-refractivity contribution is 5.93. The molecule has 1 heteroatoms. The number of anilines is 2. The van der Waals surface area contributed by atoms with Crippen molar-refractivity contribution in [2.75, 3.05) is 5.32 Å². The fourth-order valence-electron chi connectivity index (χ4n) is 3.31. The van der Waals surface area contributed by atoms with Crippen LogP contribution in [0.25, 0.3) is 22.3 Å². The number of hydrogen-bond acceptors (Lipinski definition) is 1. The molecule has 0 bridgehead atoms. The normalized spacial score (nSPS) is 10.5. The third kappa shape index (κ3) is 3.25. The number of para-hydroxylation sites is 2. The maximum atomic E-state index is 3.67. The molecule has 0 unspecified atom stereocenters. The maximum absolute atomic E-state index is 3.67. The van der Waals surface area contributed by atoms with E-state index in [2.05, 4.69) is 109 Å². The van der Waals surface area contributed by atoms with Crippen molar-refractivity contribution in [1.82, 2.24) is 0 Å². The van der Waals surface area contributed by atoms with Gasteiger partial charge < -0.3 is 5.32 Å². The molecule has 0 atom stereocenters. The zero-order valence-corrected chi connectivity index (χ0v) is 14.8. The smallest absolute Gasteiger partial charge is 0.0543 e. The first-order valence-electron chi connectivity index (χ1n) is 8.89. The molecule has 0 heterocycles. The summed E-state index contributed by atoms with van der Waals surface area (Å²) in [5.74, 6) is 0. The third-order valence-corrected chi connectivity index (χ3v) is 4.63. The van der Waals surface area contributed by atoms with Gasteiger partial charge in [0.25, 0.3) is 0 Å². The summed E-state index contributed by atoms with van der Waals surface area (Å²) in [6, 6.07) is 36.0. The van der Waals surface area contributed by atoms with Crippen molar-refractivity contribution in [3.8, 4) is 22.3 Å². The summed E-state index contributed by atoms with van der Waals surface area (Å²) in [5, 5.41) is 3.67. The lowest BCUT2D eigenvalue weighted by molar-refractivity contribution is 1.45. The van der Waals surface area contributed by atoms with Gasteiger partial charge in [0.05, 0.1) is 5.69 Å². The predicted molar refractivity (Wildman–Crippen MR) is 112 cm³/mol. The quantitative estimate of drug-likeness (QED) is 0.420. The van der Waals surface area contributed by atoms with E-state index in [-0.39, 0.29) is 0 Å². The molecule has 0 aliphatic carbocycles. The Hall–Kier alpha value is -3.32. The Kier molecular flexibility index (Phi) is 4.53. The lowest BCUT2D eigenvalue weighted by Gasteiger charge is -2.18. The van der Waals surface area contributed by atoms with E-state index in [1.54, 1.807) is 0 Å². The Morgan fingerprint density at radius 3 is 1.81 bits per heavy atom. The molecule has 0 saturated heterocycles. The Balaban J connectivity index is 1.93. The standard InChI is InChI=1S/C25H21N/c1-19-11-8-9-16-22(19)24-18-10-17-23(20-12-4-2-5-13-20)25(24)26-21-14-6-3-7-15-21/h2-18,26H,1H3. The minimum Gasteiger partial charge on any atom is -0.355 e. The van der Waals surface area contributed by atoms with Gasteiger partial charge in [-0.3, -0.25) is 0 Å². The highest BCUT2D eigenvalue weighted by atomic mass is 14.9. The van der Waals surface area contributed by atoms with Crippen molar-refractivity contribution in [1.29, 1.82) is 0 Å². The SMILES string of the molecule is Cc1ccccc1-c1cccc(-c2ccccc2)c1Nc1ccccc1. The number of hydrogen-bond donors (Lipinski definition) is 1. The van der Waals surface area contributed by atoms with Gasteiger partial charge in [0, 0.05) is 16.8 Å². The van der Waals surface area contributed by atoms with E-state index in [1.165, 1.54) is 27.8 Å². The average Bonchev–Trinajstić information content (AvgIpc) is 2.70. The van der Waals surface area contributed by atoms with Crippen LogP contribution >= 0.6 is 0 Å². The molecule has 26 heavy (non-hydrogen) atoms. The van der Waals surface area contributed by atoms with Crippen LogP contribution in [0.15, 0.2) is 103 Å². The molecule has 0 saturated carbocycles. The van der Waals surface area contributed by atoms with Crippen LogP contribution in [0, 0.1) is 6.92 Å². The fraction of sp³-hybridized carbons (Fsp3) is 0.0400. The topological polar surface area (TPSA) is 12.0 Å². The molecule has 1 nitrogen and oxygen atoms in total. The van der Waals surface area contributed by atoms with E-state index < -0.39 is 0 Å². The first-order valence-corrected chi connectivity index (χ1v) is 8.89. The van der Waals surface area contributed by atoms with Crippen molar-refractivity contribution >= 4 is 11.4 Å². The van der Waals surface area contributed by atoms with Gasteiger partial charge in [0.15, 0.2) is 0 Å². The Bertz CT molecular complexity index is 1000. The summed E-state index contributed by atoms with van der Waals surface area (Å²) < 4.78 is 0. The number of aryl methyl sites for hydroxylation is 1. The van der Waals surface area contributed by atoms with Gasteiger partial charge in [-0.25, -0.2) is 0 Å². The van der Waals surface area contributed by atoms with Gasteiger partial charge in [-0.05, 0) is 35.7 Å². The van der Waals surface area contributed by atoms with Crippen LogP contribution in [0.1, 0.15) is 5.56 Å². The van der Waals surface area contributed by atoms with Gasteiger partial charge in [0.1, 0.15) is 0 Å². The molecule has 0 radical (unpaired) electrons. The van der Waals surface area contributed by atoms with Crippen LogP contribution in [0.3, 0.4) is 0 Å². The second-order valence-electron chi connectivity index (χ2n) is 6.40. The molecule has 1 N–H and O–H groups in total. The zero-order valence-electron chi connectivity index (χ0n) is 14.8. The van der Waals surface area contributed by atoms with E-state index in [0.29, 0.717) is 0 Å². The second kappa shape index (κ2) is 7.28. The molecule has 126 valence electrons. The van der Waals surface area contributed by atoms with Crippen LogP contribution in [-0.4, -0.2) is 0 Å². The minimum atomic E-state index is 1.09. The van der Waals surface area contributed by atoms with Crippen LogP contribution < -0.4 is 5.32 Å². The van der Waals surface area contributed by atoms with E-state index >= 15 is 0 Å². The minimum absolute atomic E-state index is 1.09. The van der Waals surface area contributed by atoms with E-state index in [9.17, 15) is 0 Å². The lowest BCUT2D eigenvalue weighted by atomic mass is 9.93. The van der Waals surface area contributed by atoms with Crippen molar-refractivity contribution in [3.05, 3.63) is 109 Å². The van der Waals surface area contributed by atoms with Crippen molar-refractivity contribution < 1.29 is 0 Å². The molecule has 4 rings (SSSR count). The number of rotatable bonds is 4. The van der Waals surface area contributed by atoms with Crippen LogP contribution in [0.5, 0.6) is 0 Å². The first-order chi connectivity index (χ1) is 12.8. The van der Waals surface area contributed by atoms with Gasteiger partial charge in [-0.1, -0.05) is 91.0 Å². The Morgan fingerprint density at radius 2 is 1.08 bits per heavy atom. The summed E-state index contributed by atoms with van der Waals surface area (Å²) >= 11 is 0. The first kappa shape index (κ1) is 16.2. The molecular formula is C25H21N. The highest BCUT2D eigenvalue weighted by Crippen LogP contribution is 2.39. The second-order valence-corrected chi connectivity index (χ2v) is 6.40. The Labute approximate surface area is 155 Å². The molecule has 0 aliphatic heterocycles. The van der Waals surface area contributed by atoms with Crippen LogP contribution in [0.2, 0.25) is 0 Å². The van der Waals surface area contributed by atoms with Crippen molar-refractivity contribution in [3.63, 3.8) is 0 Å². The van der Waals surface area contributed by atoms with Crippen LogP contribution in [0.4, 0.5) is 11.4 Å². The fourth-order valence-corrected chi connectivity index (χ4v) is 3.31. The summed E-state index contributed by atoms with van der Waals surface area (Å²) in [6.07, 6.45) is 0. The number of nitrogens with one attached hydrogen (secondary N) is 1. The van der Waals surface area contributed by atoms with E-state index in [0.717, 1.165) is 11.4 Å². The Morgan fingerprint density at radius 1 is 0.500 bits per heavy atom. The van der Waals surface area contributed by atoms with Gasteiger partial charge >= 0.3 is 0 Å². The number of benzene rings is 4. The van der Waals surface area contributed by atoms with Crippen LogP contribution in [-0.2, 0) is 0 Å². The zero-order chi connectivity index (χ0) is 17.8. The monoisotopic (exact) mass is 335 g/mol. The maximum Gasteiger partial charge on any atom is 0.0543 e. The lowest BCUT2D eigenvalue weighted by Crippen LogP contribution is -1.97. The summed E-state index contributed by atoms with van der Waals surface area (Å²) in [4.78, 5) is 0. The van der Waals surface area contributed by atoms with Gasteiger partial charge in [-0.15, -0.1) is 0 Å². The predicted octanol–water partition coefficient (Wildman–Crippen LogP) is 7.07. The molecule has 0 aliphatic rings. The molecular weight excluding hydrogens is 314 g/mol. The van der Waals surface area contributed by atoms with Crippen molar-refractivity contribution in [2.24, 2.45) is 0 Å². The third-order valence-electron chi connectivity index (χ3n) is 4.63. The highest BCUT2D eigenvalue weighted by Gasteiger charge is 2.13. The molecule has 4 aromatic rings. The molecule has 0 fully saturated rings. The van der Waals surface area contributed by atoms with Gasteiger partial charge in [-0.2, -0.15) is 0 Å². The van der Waals surface area contributed by atoms with Crippen molar-refractivity contribution in [2.45, 2.75) is 6.92 Å². The van der Waals surface area contributed by atoms with E-state index in [1.807, 2.05) is 6.07 Å². The molecule has 0 spiro atoms. The summed E-state index contributed by atoms with van der Waals surface area (Å²) in [7, 11) is 0. The summed E-state index contributed by atoms with van der Waals surface area (Å²) in [6.45, 7) is 2.16. The molecule has 0 amide bonds. The van der Waals surface area contributed by atoms with E-state index in [4.69, 9.17) is 0 Å². The molecule has 4 aromatic carbocycles. The molecule has 0 aromatic heterocycles.